The smallest absolute Gasteiger partial charge is 0.0446 e. The number of halogens is 1. The van der Waals surface area contributed by atoms with Gasteiger partial charge in [-0.2, -0.15) is 0 Å². The van der Waals surface area contributed by atoms with Crippen LogP contribution in [0, 0.1) is 5.92 Å². The Morgan fingerprint density at radius 2 is 1.95 bits per heavy atom. The van der Waals surface area contributed by atoms with E-state index in [4.69, 9.17) is 0 Å². The van der Waals surface area contributed by atoms with Crippen molar-refractivity contribution in [2.45, 2.75) is 51.0 Å². The second-order valence-corrected chi connectivity index (χ2v) is 13.5. The minimum atomic E-state index is -0.998. The SMILES string of the molecule is C[Si](C)(C)CC(CNC1CC1)Cc1ccccc1Br. The van der Waals surface area contributed by atoms with Crippen LogP contribution in [0.1, 0.15) is 18.4 Å². The molecule has 0 bridgehead atoms. The van der Waals surface area contributed by atoms with E-state index in [-0.39, 0.29) is 0 Å². The monoisotopic (exact) mass is 339 g/mol. The fourth-order valence-electron chi connectivity index (χ4n) is 2.68. The average Bonchev–Trinajstić information content (AvgIpc) is 3.11. The van der Waals surface area contributed by atoms with Gasteiger partial charge in [-0.15, -0.1) is 0 Å². The lowest BCUT2D eigenvalue weighted by molar-refractivity contribution is 0.503. The van der Waals surface area contributed by atoms with Crippen LogP contribution in [-0.4, -0.2) is 20.7 Å². The molecule has 0 heterocycles. The number of rotatable bonds is 7. The second kappa shape index (κ2) is 6.55. The van der Waals surface area contributed by atoms with Crippen LogP contribution < -0.4 is 5.32 Å². The van der Waals surface area contributed by atoms with E-state index in [1.165, 1.54) is 41.9 Å². The predicted octanol–water partition coefficient (Wildman–Crippen LogP) is 4.70. The van der Waals surface area contributed by atoms with Gasteiger partial charge in [0.05, 0.1) is 0 Å². The molecule has 1 aliphatic rings. The molecule has 19 heavy (non-hydrogen) atoms. The van der Waals surface area contributed by atoms with E-state index in [2.05, 4.69) is 65.2 Å². The molecule has 1 atom stereocenters. The molecule has 1 N–H and O–H groups in total. The fourth-order valence-corrected chi connectivity index (χ4v) is 5.15. The molecule has 1 saturated carbocycles. The summed E-state index contributed by atoms with van der Waals surface area (Å²) in [4.78, 5) is 0. The number of hydrogen-bond donors (Lipinski definition) is 1. The van der Waals surface area contributed by atoms with Crippen LogP contribution in [-0.2, 0) is 6.42 Å². The Morgan fingerprint density at radius 1 is 1.26 bits per heavy atom. The Kier molecular flexibility index (Phi) is 5.27. The lowest BCUT2D eigenvalue weighted by Gasteiger charge is -2.25. The Morgan fingerprint density at radius 3 is 2.53 bits per heavy atom. The van der Waals surface area contributed by atoms with Crippen molar-refractivity contribution >= 4 is 24.0 Å². The molecule has 1 unspecified atom stereocenters. The van der Waals surface area contributed by atoms with Gasteiger partial charge in [0.1, 0.15) is 0 Å². The molecule has 0 amide bonds. The molecule has 3 heteroatoms. The molecule has 2 rings (SSSR count). The fraction of sp³-hybridized carbons (Fsp3) is 0.625. The van der Waals surface area contributed by atoms with Gasteiger partial charge < -0.3 is 5.32 Å². The molecule has 0 saturated heterocycles. The van der Waals surface area contributed by atoms with Crippen LogP contribution in [0.4, 0.5) is 0 Å². The highest BCUT2D eigenvalue weighted by Crippen LogP contribution is 2.26. The first-order valence-corrected chi connectivity index (χ1v) is 11.9. The molecule has 0 aromatic heterocycles. The molecule has 1 aromatic rings. The zero-order valence-electron chi connectivity index (χ0n) is 12.4. The first-order chi connectivity index (χ1) is 8.94. The summed E-state index contributed by atoms with van der Waals surface area (Å²) in [6, 6.07) is 10.9. The van der Waals surface area contributed by atoms with Crippen molar-refractivity contribution in [3.63, 3.8) is 0 Å². The molecule has 0 radical (unpaired) electrons. The van der Waals surface area contributed by atoms with E-state index < -0.39 is 8.07 Å². The van der Waals surface area contributed by atoms with Crippen molar-refractivity contribution in [2.24, 2.45) is 5.92 Å². The van der Waals surface area contributed by atoms with E-state index in [0.717, 1.165) is 12.0 Å². The van der Waals surface area contributed by atoms with Crippen LogP contribution >= 0.6 is 15.9 Å². The zero-order valence-corrected chi connectivity index (χ0v) is 15.0. The Bertz CT molecular complexity index is 409. The van der Waals surface area contributed by atoms with E-state index in [0.29, 0.717) is 0 Å². The van der Waals surface area contributed by atoms with Crippen LogP contribution in [0.5, 0.6) is 0 Å². The van der Waals surface area contributed by atoms with Gasteiger partial charge in [0, 0.05) is 18.6 Å². The molecule has 106 valence electrons. The van der Waals surface area contributed by atoms with E-state index >= 15 is 0 Å². The minimum Gasteiger partial charge on any atom is -0.314 e. The van der Waals surface area contributed by atoms with E-state index in [9.17, 15) is 0 Å². The molecule has 1 aromatic carbocycles. The molecule has 0 aliphatic heterocycles. The van der Waals surface area contributed by atoms with E-state index in [1.54, 1.807) is 0 Å². The standard InChI is InChI=1S/C16H26BrNSi/c1-19(2,3)12-13(11-18-15-8-9-15)10-14-6-4-5-7-16(14)17/h4-7,13,15,18H,8-12H2,1-3H3. The van der Waals surface area contributed by atoms with Crippen molar-refractivity contribution in [1.29, 1.82) is 0 Å². The number of hydrogen-bond acceptors (Lipinski definition) is 1. The van der Waals surface area contributed by atoms with Crippen LogP contribution in [0.25, 0.3) is 0 Å². The third-order valence-corrected chi connectivity index (χ3v) is 6.22. The maximum Gasteiger partial charge on any atom is 0.0446 e. The van der Waals surface area contributed by atoms with Gasteiger partial charge in [-0.05, 0) is 43.4 Å². The van der Waals surface area contributed by atoms with Crippen molar-refractivity contribution in [3.05, 3.63) is 34.3 Å². The third kappa shape index (κ3) is 5.80. The average molecular weight is 340 g/mol. The Balaban J connectivity index is 1.97. The van der Waals surface area contributed by atoms with Crippen molar-refractivity contribution in [1.82, 2.24) is 5.32 Å². The Hall–Kier alpha value is -0.123. The highest BCUT2D eigenvalue weighted by Gasteiger charge is 2.25. The maximum absolute atomic E-state index is 3.73. The van der Waals surface area contributed by atoms with E-state index in [1.807, 2.05) is 0 Å². The topological polar surface area (TPSA) is 12.0 Å². The first-order valence-electron chi connectivity index (χ1n) is 7.41. The summed E-state index contributed by atoms with van der Waals surface area (Å²) in [5.41, 5.74) is 1.46. The van der Waals surface area contributed by atoms with Gasteiger partial charge in [0.2, 0.25) is 0 Å². The molecule has 1 nitrogen and oxygen atoms in total. The quantitative estimate of drug-likeness (QED) is 0.710. The molecular weight excluding hydrogens is 314 g/mol. The molecule has 1 fully saturated rings. The van der Waals surface area contributed by atoms with Gasteiger partial charge in [0.15, 0.2) is 0 Å². The normalized spacial score (nSPS) is 17.5. The highest BCUT2D eigenvalue weighted by atomic mass is 79.9. The van der Waals surface area contributed by atoms with Gasteiger partial charge in [0.25, 0.3) is 0 Å². The Labute approximate surface area is 127 Å². The van der Waals surface area contributed by atoms with Crippen LogP contribution in [0.2, 0.25) is 25.7 Å². The van der Waals surface area contributed by atoms with Gasteiger partial charge >= 0.3 is 0 Å². The molecule has 0 spiro atoms. The second-order valence-electron chi connectivity index (χ2n) is 7.11. The minimum absolute atomic E-state index is 0.783. The third-order valence-electron chi connectivity index (χ3n) is 3.64. The van der Waals surface area contributed by atoms with Crippen LogP contribution in [0.3, 0.4) is 0 Å². The molecular formula is C16H26BrNSi. The van der Waals surface area contributed by atoms with Crippen molar-refractivity contribution in [3.8, 4) is 0 Å². The maximum atomic E-state index is 3.73. The summed E-state index contributed by atoms with van der Waals surface area (Å²) in [7, 11) is -0.998. The van der Waals surface area contributed by atoms with Crippen molar-refractivity contribution < 1.29 is 0 Å². The van der Waals surface area contributed by atoms with Gasteiger partial charge in [-0.3, -0.25) is 0 Å². The molecule has 1 aliphatic carbocycles. The van der Waals surface area contributed by atoms with Crippen molar-refractivity contribution in [2.75, 3.05) is 6.54 Å². The highest BCUT2D eigenvalue weighted by molar-refractivity contribution is 9.10. The summed E-state index contributed by atoms with van der Waals surface area (Å²) in [5.74, 6) is 0.783. The zero-order chi connectivity index (χ0) is 13.9. The number of nitrogens with one attached hydrogen (secondary N) is 1. The van der Waals surface area contributed by atoms with Gasteiger partial charge in [-0.25, -0.2) is 0 Å². The lowest BCUT2D eigenvalue weighted by atomic mass is 10.0. The summed E-state index contributed by atoms with van der Waals surface area (Å²) in [6.45, 7) is 8.64. The largest absolute Gasteiger partial charge is 0.314 e. The predicted molar refractivity (Wildman–Crippen MR) is 90.5 cm³/mol. The first kappa shape index (κ1) is 15.3. The lowest BCUT2D eigenvalue weighted by Crippen LogP contribution is -2.32. The summed E-state index contributed by atoms with van der Waals surface area (Å²) >= 11 is 3.69. The van der Waals surface area contributed by atoms with Crippen LogP contribution in [0.15, 0.2) is 28.7 Å². The van der Waals surface area contributed by atoms with Gasteiger partial charge in [-0.1, -0.05) is 59.8 Å². The number of benzene rings is 1. The summed E-state index contributed by atoms with van der Waals surface area (Å²) in [5, 5.41) is 3.73. The summed E-state index contributed by atoms with van der Waals surface area (Å²) in [6.07, 6.45) is 3.97. The summed E-state index contributed by atoms with van der Waals surface area (Å²) < 4.78 is 1.27.